The van der Waals surface area contributed by atoms with E-state index >= 15 is 0 Å². The van der Waals surface area contributed by atoms with Crippen molar-refractivity contribution in [2.75, 3.05) is 51.3 Å². The Morgan fingerprint density at radius 1 is 1.26 bits per heavy atom. The topological polar surface area (TPSA) is 79.0 Å². The predicted molar refractivity (Wildman–Crippen MR) is 135 cm³/mol. The highest BCUT2D eigenvalue weighted by atomic mass is 127. The zero-order chi connectivity index (χ0) is 21.3. The lowest BCUT2D eigenvalue weighted by atomic mass is 10.2. The van der Waals surface area contributed by atoms with E-state index in [9.17, 15) is 0 Å². The van der Waals surface area contributed by atoms with Crippen LogP contribution in [0.5, 0.6) is 5.75 Å². The molecule has 172 valence electrons. The Bertz CT molecular complexity index is 818. The molecule has 1 saturated heterocycles. The Kier molecular flexibility index (Phi) is 10.4. The minimum Gasteiger partial charge on any atom is -0.497 e. The van der Waals surface area contributed by atoms with Crippen LogP contribution in [0, 0.1) is 0 Å². The number of hydrogen-bond donors (Lipinski definition) is 1. The molecule has 0 amide bonds. The lowest BCUT2D eigenvalue weighted by Gasteiger charge is -2.37. The standard InChI is InChI=1S/C22H34N6O2.HI/c1-5-23-22(24-11-7-10-20-25-21(17(2)3)26-30-20)28-14-12-27(13-15-28)18-8-6-9-19(16-18)29-4;/h6,8-9,16-17H,5,7,10-15H2,1-4H3,(H,23,24);1H. The highest BCUT2D eigenvalue weighted by Crippen LogP contribution is 2.22. The molecule has 0 aliphatic carbocycles. The Labute approximate surface area is 202 Å². The summed E-state index contributed by atoms with van der Waals surface area (Å²) in [6.45, 7) is 11.6. The summed E-state index contributed by atoms with van der Waals surface area (Å²) in [4.78, 5) is 14.0. The average molecular weight is 542 g/mol. The molecule has 0 radical (unpaired) electrons. The highest BCUT2D eigenvalue weighted by Gasteiger charge is 2.20. The number of nitrogens with zero attached hydrogens (tertiary/aromatic N) is 5. The molecule has 0 spiro atoms. The molecule has 1 aliphatic rings. The molecule has 1 aromatic heterocycles. The molecular weight excluding hydrogens is 507 g/mol. The maximum atomic E-state index is 5.36. The quantitative estimate of drug-likeness (QED) is 0.237. The Balaban J connectivity index is 0.00000341. The van der Waals surface area contributed by atoms with Gasteiger partial charge in [0.2, 0.25) is 5.89 Å². The number of nitrogens with one attached hydrogen (secondary N) is 1. The summed E-state index contributed by atoms with van der Waals surface area (Å²) in [6, 6.07) is 8.25. The van der Waals surface area contributed by atoms with Crippen LogP contribution >= 0.6 is 24.0 Å². The second-order valence-corrected chi connectivity index (χ2v) is 7.72. The van der Waals surface area contributed by atoms with Gasteiger partial charge in [-0.3, -0.25) is 4.99 Å². The molecule has 9 heteroatoms. The molecule has 0 bridgehead atoms. The molecule has 3 rings (SSSR count). The van der Waals surface area contributed by atoms with Gasteiger partial charge in [-0.25, -0.2) is 0 Å². The van der Waals surface area contributed by atoms with Crippen molar-refractivity contribution < 1.29 is 9.26 Å². The first-order valence-electron chi connectivity index (χ1n) is 10.9. The van der Waals surface area contributed by atoms with Crippen molar-refractivity contribution in [2.24, 2.45) is 4.99 Å². The van der Waals surface area contributed by atoms with Crippen LogP contribution in [0.3, 0.4) is 0 Å². The van der Waals surface area contributed by atoms with E-state index in [-0.39, 0.29) is 29.9 Å². The molecule has 2 heterocycles. The first-order chi connectivity index (χ1) is 14.6. The van der Waals surface area contributed by atoms with Gasteiger partial charge in [-0.2, -0.15) is 4.98 Å². The summed E-state index contributed by atoms with van der Waals surface area (Å²) in [7, 11) is 1.71. The Morgan fingerprint density at radius 3 is 2.68 bits per heavy atom. The van der Waals surface area contributed by atoms with Crippen LogP contribution < -0.4 is 15.0 Å². The largest absolute Gasteiger partial charge is 0.497 e. The normalized spacial score (nSPS) is 14.5. The second kappa shape index (κ2) is 12.7. The zero-order valence-corrected chi connectivity index (χ0v) is 21.3. The van der Waals surface area contributed by atoms with Crippen LogP contribution in [0.2, 0.25) is 0 Å². The molecule has 1 aromatic carbocycles. The van der Waals surface area contributed by atoms with Crippen LogP contribution in [-0.4, -0.2) is 67.4 Å². The number of hydrogen-bond acceptors (Lipinski definition) is 6. The van der Waals surface area contributed by atoms with Crippen LogP contribution in [0.4, 0.5) is 5.69 Å². The summed E-state index contributed by atoms with van der Waals surface area (Å²) in [6.07, 6.45) is 1.64. The minimum atomic E-state index is 0. The van der Waals surface area contributed by atoms with E-state index in [2.05, 4.69) is 58.2 Å². The van der Waals surface area contributed by atoms with Gasteiger partial charge in [0.1, 0.15) is 5.75 Å². The molecule has 31 heavy (non-hydrogen) atoms. The van der Waals surface area contributed by atoms with Crippen LogP contribution in [0.25, 0.3) is 0 Å². The van der Waals surface area contributed by atoms with Gasteiger partial charge in [-0.05, 0) is 25.5 Å². The van der Waals surface area contributed by atoms with Gasteiger partial charge in [0.15, 0.2) is 11.8 Å². The van der Waals surface area contributed by atoms with Crippen LogP contribution in [0.15, 0.2) is 33.8 Å². The molecule has 0 saturated carbocycles. The maximum absolute atomic E-state index is 5.36. The lowest BCUT2D eigenvalue weighted by molar-refractivity contribution is 0.366. The fourth-order valence-corrected chi connectivity index (χ4v) is 3.43. The zero-order valence-electron chi connectivity index (χ0n) is 19.0. The van der Waals surface area contributed by atoms with E-state index in [1.807, 2.05) is 12.1 Å². The monoisotopic (exact) mass is 542 g/mol. The molecule has 1 fully saturated rings. The maximum Gasteiger partial charge on any atom is 0.226 e. The van der Waals surface area contributed by atoms with E-state index in [4.69, 9.17) is 14.3 Å². The number of rotatable bonds is 8. The van der Waals surface area contributed by atoms with Crippen LogP contribution in [0.1, 0.15) is 44.8 Å². The fourth-order valence-electron chi connectivity index (χ4n) is 3.43. The summed E-state index contributed by atoms with van der Waals surface area (Å²) in [5.41, 5.74) is 1.20. The number of methoxy groups -OCH3 is 1. The van der Waals surface area contributed by atoms with Crippen molar-refractivity contribution in [2.45, 2.75) is 39.5 Å². The van der Waals surface area contributed by atoms with E-state index in [1.54, 1.807) is 7.11 Å². The summed E-state index contributed by atoms with van der Waals surface area (Å²) >= 11 is 0. The Hall–Kier alpha value is -2.04. The number of aromatic nitrogens is 2. The van der Waals surface area contributed by atoms with Crippen LogP contribution in [-0.2, 0) is 6.42 Å². The number of piperazine rings is 1. The number of benzene rings is 1. The van der Waals surface area contributed by atoms with E-state index in [0.717, 1.165) is 69.6 Å². The molecule has 1 aliphatic heterocycles. The molecule has 0 atom stereocenters. The van der Waals surface area contributed by atoms with Crippen molar-refractivity contribution in [3.05, 3.63) is 36.0 Å². The van der Waals surface area contributed by atoms with E-state index in [0.29, 0.717) is 5.89 Å². The van der Waals surface area contributed by atoms with Gasteiger partial charge in [0.25, 0.3) is 0 Å². The number of aryl methyl sites for hydroxylation is 1. The third-order valence-electron chi connectivity index (χ3n) is 5.14. The van der Waals surface area contributed by atoms with Gasteiger partial charge < -0.3 is 24.4 Å². The van der Waals surface area contributed by atoms with Gasteiger partial charge >= 0.3 is 0 Å². The summed E-state index contributed by atoms with van der Waals surface area (Å²) in [5.74, 6) is 3.64. The molecular formula is C22H35IN6O2. The average Bonchev–Trinajstić information content (AvgIpc) is 3.25. The second-order valence-electron chi connectivity index (χ2n) is 7.72. The fraction of sp³-hybridized carbons (Fsp3) is 0.591. The summed E-state index contributed by atoms with van der Waals surface area (Å²) in [5, 5.41) is 7.45. The number of ether oxygens (including phenoxy) is 1. The first-order valence-corrected chi connectivity index (χ1v) is 10.9. The molecule has 0 unspecified atom stereocenters. The highest BCUT2D eigenvalue weighted by molar-refractivity contribution is 14.0. The summed E-state index contributed by atoms with van der Waals surface area (Å²) < 4.78 is 10.7. The first kappa shape index (κ1) is 25.2. The van der Waals surface area contributed by atoms with Crippen molar-refractivity contribution in [1.29, 1.82) is 0 Å². The van der Waals surface area contributed by atoms with Crippen molar-refractivity contribution in [3.8, 4) is 5.75 Å². The number of anilines is 1. The molecule has 2 aromatic rings. The van der Waals surface area contributed by atoms with Gasteiger partial charge in [-0.15, -0.1) is 24.0 Å². The minimum absolute atomic E-state index is 0. The smallest absolute Gasteiger partial charge is 0.226 e. The van der Waals surface area contributed by atoms with Crippen molar-refractivity contribution in [3.63, 3.8) is 0 Å². The van der Waals surface area contributed by atoms with E-state index in [1.165, 1.54) is 5.69 Å². The van der Waals surface area contributed by atoms with Gasteiger partial charge in [-0.1, -0.05) is 25.1 Å². The van der Waals surface area contributed by atoms with Gasteiger partial charge in [0, 0.05) is 63.4 Å². The number of guanidine groups is 1. The third-order valence-corrected chi connectivity index (χ3v) is 5.14. The lowest BCUT2D eigenvalue weighted by Crippen LogP contribution is -2.52. The predicted octanol–water partition coefficient (Wildman–Crippen LogP) is 3.54. The third kappa shape index (κ3) is 7.26. The van der Waals surface area contributed by atoms with E-state index < -0.39 is 0 Å². The van der Waals surface area contributed by atoms with Crippen molar-refractivity contribution in [1.82, 2.24) is 20.4 Å². The van der Waals surface area contributed by atoms with Crippen molar-refractivity contribution >= 4 is 35.6 Å². The number of aliphatic imine (C=N–C) groups is 1. The molecule has 8 nitrogen and oxygen atoms in total. The molecule has 1 N–H and O–H groups in total. The van der Waals surface area contributed by atoms with Gasteiger partial charge in [0.05, 0.1) is 7.11 Å². The SMILES string of the molecule is CCNC(=NCCCc1nc(C(C)C)no1)N1CCN(c2cccc(OC)c2)CC1.I. The number of halogens is 1. The Morgan fingerprint density at radius 2 is 2.03 bits per heavy atom.